The fourth-order valence-electron chi connectivity index (χ4n) is 6.44. The lowest BCUT2D eigenvalue weighted by atomic mass is 10.1. The van der Waals surface area contributed by atoms with Crippen LogP contribution in [0.5, 0.6) is 5.75 Å². The Labute approximate surface area is 372 Å². The molecule has 0 aliphatic heterocycles. The number of ether oxygens (including phenoxy) is 1. The van der Waals surface area contributed by atoms with Crippen molar-refractivity contribution >= 4 is 71.4 Å². The largest absolute Gasteiger partial charge is 0.494 e. The van der Waals surface area contributed by atoms with E-state index in [0.29, 0.717) is 27.4 Å². The second kappa shape index (κ2) is 18.4. The van der Waals surface area contributed by atoms with E-state index in [1.165, 1.54) is 37.6 Å². The van der Waals surface area contributed by atoms with Gasteiger partial charge in [-0.2, -0.15) is 0 Å². The molecule has 4 heterocycles. The molecule has 0 bridgehead atoms. The molecule has 0 radical (unpaired) electrons. The Hall–Kier alpha value is -6.59. The van der Waals surface area contributed by atoms with E-state index in [1.807, 2.05) is 19.9 Å². The Morgan fingerprint density at radius 3 is 1.97 bits per heavy atom. The quantitative estimate of drug-likeness (QED) is 0.127. The monoisotopic (exact) mass is 924 g/mol. The van der Waals surface area contributed by atoms with E-state index in [9.17, 15) is 26.4 Å². The number of fused-ring (bicyclic) bond motifs is 2. The number of furan rings is 1. The summed E-state index contributed by atoms with van der Waals surface area (Å²) in [5, 5.41) is 6.50. The summed E-state index contributed by atoms with van der Waals surface area (Å²) < 4.78 is 64.4. The molecule has 0 atom stereocenters. The van der Waals surface area contributed by atoms with Gasteiger partial charge in [-0.25, -0.2) is 26.8 Å². The van der Waals surface area contributed by atoms with Crippen LogP contribution in [0.15, 0.2) is 146 Å². The number of rotatable bonds is 11. The number of hydrogen-bond acceptors (Lipinski definition) is 11. The molecule has 18 heteroatoms. The number of amides is 2. The number of nitrogens with one attached hydrogen (secondary N) is 2. The topological polar surface area (TPSA) is 192 Å². The SMILES string of the molecule is COc1c(Cl)ccc(S(=O)(=O)c2ccc(CNC(=O)c3cnc4nccn4c3)cc2)c1Cl.Cc1cc(C)c(S(=O)(=O)c2ccc(CNC(=O)c3cc4ccncc4o3)cc2)cc1C. The van der Waals surface area contributed by atoms with Crippen LogP contribution < -0.4 is 15.4 Å². The number of methoxy groups -OCH3 is 1. The number of benzene rings is 4. The molecule has 14 nitrogen and oxygen atoms in total. The van der Waals surface area contributed by atoms with Gasteiger partial charge in [-0.15, -0.1) is 0 Å². The number of aromatic nitrogens is 4. The average molecular weight is 926 g/mol. The van der Waals surface area contributed by atoms with Gasteiger partial charge in [0, 0.05) is 49.5 Å². The van der Waals surface area contributed by atoms with Gasteiger partial charge in [0.2, 0.25) is 25.5 Å². The smallest absolute Gasteiger partial charge is 0.287 e. The molecular formula is C45H38Cl2N6O8S2. The second-order valence-corrected chi connectivity index (χ2v) is 18.9. The summed E-state index contributed by atoms with van der Waals surface area (Å²) in [7, 11) is -6.17. The van der Waals surface area contributed by atoms with E-state index in [-0.39, 0.29) is 61.1 Å². The van der Waals surface area contributed by atoms with Crippen molar-refractivity contribution in [3.05, 3.63) is 171 Å². The minimum Gasteiger partial charge on any atom is -0.494 e. The van der Waals surface area contributed by atoms with Crippen molar-refractivity contribution in [3.8, 4) is 5.75 Å². The highest BCUT2D eigenvalue weighted by atomic mass is 35.5. The Bertz CT molecular complexity index is 3210. The van der Waals surface area contributed by atoms with Crippen LogP contribution in [0.3, 0.4) is 0 Å². The molecule has 0 saturated carbocycles. The molecule has 8 rings (SSSR count). The first-order chi connectivity index (χ1) is 30.1. The molecule has 0 unspecified atom stereocenters. The number of halogens is 2. The van der Waals surface area contributed by atoms with Gasteiger partial charge in [-0.3, -0.25) is 19.0 Å². The summed E-state index contributed by atoms with van der Waals surface area (Å²) in [6.07, 6.45) is 9.55. The second-order valence-electron chi connectivity index (χ2n) is 14.3. The summed E-state index contributed by atoms with van der Waals surface area (Å²) in [6, 6.07) is 22.5. The van der Waals surface area contributed by atoms with Gasteiger partial charge in [-0.1, -0.05) is 53.5 Å². The predicted molar refractivity (Wildman–Crippen MR) is 237 cm³/mol. The highest BCUT2D eigenvalue weighted by Gasteiger charge is 2.25. The Balaban J connectivity index is 0.000000189. The lowest BCUT2D eigenvalue weighted by Crippen LogP contribution is -2.23. The minimum atomic E-state index is -3.90. The highest BCUT2D eigenvalue weighted by molar-refractivity contribution is 7.92. The van der Waals surface area contributed by atoms with Crippen molar-refractivity contribution in [3.63, 3.8) is 0 Å². The highest BCUT2D eigenvalue weighted by Crippen LogP contribution is 2.39. The van der Waals surface area contributed by atoms with Crippen molar-refractivity contribution in [2.45, 2.75) is 53.4 Å². The summed E-state index contributed by atoms with van der Waals surface area (Å²) >= 11 is 12.2. The number of sulfone groups is 2. The first-order valence-electron chi connectivity index (χ1n) is 19.0. The fourth-order valence-corrected chi connectivity index (χ4v) is 10.2. The van der Waals surface area contributed by atoms with Crippen molar-refractivity contribution in [2.24, 2.45) is 0 Å². The maximum Gasteiger partial charge on any atom is 0.287 e. The van der Waals surface area contributed by atoms with Crippen LogP contribution in [0.25, 0.3) is 16.7 Å². The minimum absolute atomic E-state index is 0.0496. The third-order valence-corrected chi connectivity index (χ3v) is 14.5. The average Bonchev–Trinajstić information content (AvgIpc) is 3.94. The van der Waals surface area contributed by atoms with Gasteiger partial charge >= 0.3 is 0 Å². The van der Waals surface area contributed by atoms with Gasteiger partial charge < -0.3 is 19.8 Å². The fraction of sp³-hybridized carbons (Fsp3) is 0.133. The first-order valence-corrected chi connectivity index (χ1v) is 22.8. The molecule has 8 aromatic rings. The molecule has 63 heavy (non-hydrogen) atoms. The summed E-state index contributed by atoms with van der Waals surface area (Å²) in [4.78, 5) is 37.4. The van der Waals surface area contributed by atoms with Crippen molar-refractivity contribution in [1.82, 2.24) is 30.0 Å². The summed E-state index contributed by atoms with van der Waals surface area (Å²) in [6.45, 7) is 6.12. The van der Waals surface area contributed by atoms with Gasteiger partial charge in [-0.05, 0) is 103 Å². The zero-order chi connectivity index (χ0) is 45.1. The summed E-state index contributed by atoms with van der Waals surface area (Å²) in [5.41, 5.74) is 5.13. The van der Waals surface area contributed by atoms with Gasteiger partial charge in [0.1, 0.15) is 5.02 Å². The van der Waals surface area contributed by atoms with E-state index in [0.717, 1.165) is 27.6 Å². The molecule has 0 saturated heterocycles. The molecule has 322 valence electrons. The van der Waals surface area contributed by atoms with Gasteiger partial charge in [0.25, 0.3) is 11.8 Å². The lowest BCUT2D eigenvalue weighted by Gasteiger charge is -2.12. The normalized spacial score (nSPS) is 11.5. The van der Waals surface area contributed by atoms with Crippen LogP contribution >= 0.6 is 23.2 Å². The van der Waals surface area contributed by atoms with E-state index >= 15 is 0 Å². The molecule has 4 aromatic heterocycles. The lowest BCUT2D eigenvalue weighted by molar-refractivity contribution is 0.0923. The maximum atomic E-state index is 13.1. The molecule has 2 amide bonds. The number of hydrogen-bond donors (Lipinski definition) is 2. The Morgan fingerprint density at radius 2 is 1.33 bits per heavy atom. The van der Waals surface area contributed by atoms with E-state index in [1.54, 1.807) is 96.9 Å². The third kappa shape index (κ3) is 9.59. The van der Waals surface area contributed by atoms with Crippen LogP contribution in [0, 0.1) is 20.8 Å². The van der Waals surface area contributed by atoms with Crippen LogP contribution in [0.4, 0.5) is 0 Å². The molecule has 4 aromatic carbocycles. The van der Waals surface area contributed by atoms with Crippen molar-refractivity contribution < 1.29 is 35.6 Å². The number of aryl methyl sites for hydroxylation is 3. The maximum absolute atomic E-state index is 13.1. The molecular weight excluding hydrogens is 888 g/mol. The van der Waals surface area contributed by atoms with E-state index < -0.39 is 19.7 Å². The van der Waals surface area contributed by atoms with Crippen LogP contribution in [-0.4, -0.2) is 55.1 Å². The Morgan fingerprint density at radius 1 is 0.714 bits per heavy atom. The zero-order valence-corrected chi connectivity index (χ0v) is 37.2. The van der Waals surface area contributed by atoms with Crippen LogP contribution in [-0.2, 0) is 32.8 Å². The molecule has 0 spiro atoms. The number of nitrogens with zero attached hydrogens (tertiary/aromatic N) is 4. The first kappa shape index (κ1) is 44.5. The number of carbonyl (C=O) groups excluding carboxylic acids is 2. The number of carbonyl (C=O) groups is 2. The number of pyridine rings is 1. The van der Waals surface area contributed by atoms with E-state index in [2.05, 4.69) is 25.6 Å². The van der Waals surface area contributed by atoms with Gasteiger partial charge in [0.05, 0.1) is 43.5 Å². The zero-order valence-electron chi connectivity index (χ0n) is 34.1. The van der Waals surface area contributed by atoms with E-state index in [4.69, 9.17) is 32.4 Å². The Kier molecular flexibility index (Phi) is 13.0. The summed E-state index contributed by atoms with van der Waals surface area (Å²) in [5.74, 6) is 0.129. The molecule has 0 fully saturated rings. The third-order valence-electron chi connectivity index (χ3n) is 10.0. The molecule has 0 aliphatic rings. The van der Waals surface area contributed by atoms with Crippen LogP contribution in [0.1, 0.15) is 48.7 Å². The predicted octanol–water partition coefficient (Wildman–Crippen LogP) is 8.32. The van der Waals surface area contributed by atoms with Crippen molar-refractivity contribution in [1.29, 1.82) is 0 Å². The number of imidazole rings is 1. The molecule has 2 N–H and O–H groups in total. The standard InChI is InChI=1S/C24H22N2O4S.C21H16Cl2N4O4S/c1-15-10-17(3)23(11-16(15)2)31(28,29)20-6-4-18(5-7-20)13-26-24(27)21-12-19-8-9-25-14-22(19)30-21;1-31-19-16(22)6-7-17(18(19)23)32(29,30)15-4-2-13(3-5-15)10-25-20(28)14-11-26-21-24-8-9-27(21)12-14/h4-12,14H,13H2,1-3H3,(H,26,27);2-9,11-12H,10H2,1H3,(H,25,28). The molecule has 0 aliphatic carbocycles. The van der Waals surface area contributed by atoms with Gasteiger partial charge in [0.15, 0.2) is 17.1 Å². The van der Waals surface area contributed by atoms with Crippen molar-refractivity contribution in [2.75, 3.05) is 7.11 Å². The van der Waals surface area contributed by atoms with Crippen LogP contribution in [0.2, 0.25) is 10.0 Å².